The first-order valence-corrected chi connectivity index (χ1v) is 9.08. The highest BCUT2D eigenvalue weighted by molar-refractivity contribution is 9.10. The number of hydrazine groups is 1. The number of aromatic nitrogens is 1. The van der Waals surface area contributed by atoms with Crippen LogP contribution in [0, 0.1) is 11.7 Å². The molecule has 26 heavy (non-hydrogen) atoms. The number of hydrogen-bond acceptors (Lipinski definition) is 5. The van der Waals surface area contributed by atoms with Crippen LogP contribution in [0.3, 0.4) is 0 Å². The zero-order valence-corrected chi connectivity index (χ0v) is 16.0. The minimum absolute atomic E-state index is 0.0609. The van der Waals surface area contributed by atoms with E-state index in [0.717, 1.165) is 5.56 Å². The van der Waals surface area contributed by atoms with Crippen molar-refractivity contribution in [2.45, 2.75) is 32.2 Å². The van der Waals surface area contributed by atoms with Gasteiger partial charge >= 0.3 is 0 Å². The van der Waals surface area contributed by atoms with Crippen molar-refractivity contribution in [3.05, 3.63) is 58.6 Å². The molecule has 1 aromatic heterocycles. The van der Waals surface area contributed by atoms with Crippen molar-refractivity contribution in [2.75, 3.05) is 0 Å². The second-order valence-corrected chi connectivity index (χ2v) is 7.08. The van der Waals surface area contributed by atoms with Crippen molar-refractivity contribution >= 4 is 21.8 Å². The Bertz CT molecular complexity index is 777. The van der Waals surface area contributed by atoms with Gasteiger partial charge in [-0.1, -0.05) is 6.92 Å². The van der Waals surface area contributed by atoms with Gasteiger partial charge in [-0.15, -0.1) is 0 Å². The number of pyridine rings is 1. The van der Waals surface area contributed by atoms with E-state index in [1.807, 2.05) is 19.1 Å². The average molecular weight is 423 g/mol. The summed E-state index contributed by atoms with van der Waals surface area (Å²) in [6.07, 6.45) is 2.51. The lowest BCUT2D eigenvalue weighted by Gasteiger charge is -2.22. The van der Waals surface area contributed by atoms with E-state index in [4.69, 9.17) is 4.74 Å². The number of nitrogens with one attached hydrogen (secondary N) is 3. The molecule has 3 N–H and O–H groups in total. The van der Waals surface area contributed by atoms with Crippen molar-refractivity contribution in [1.29, 1.82) is 0 Å². The fourth-order valence-electron chi connectivity index (χ4n) is 2.85. The quantitative estimate of drug-likeness (QED) is 0.690. The van der Waals surface area contributed by atoms with Gasteiger partial charge in [0.15, 0.2) is 6.10 Å². The molecule has 6 nitrogen and oxygen atoms in total. The van der Waals surface area contributed by atoms with Gasteiger partial charge in [-0.3, -0.25) is 9.78 Å². The van der Waals surface area contributed by atoms with Gasteiger partial charge in [-0.05, 0) is 58.7 Å². The first kappa shape index (κ1) is 18.8. The lowest BCUT2D eigenvalue weighted by molar-refractivity contribution is -0.128. The van der Waals surface area contributed by atoms with E-state index >= 15 is 0 Å². The van der Waals surface area contributed by atoms with Crippen molar-refractivity contribution in [3.8, 4) is 5.75 Å². The normalized spacial score (nSPS) is 23.5. The Morgan fingerprint density at radius 3 is 2.73 bits per heavy atom. The van der Waals surface area contributed by atoms with Crippen LogP contribution in [0.15, 0.2) is 47.2 Å². The third-order valence-corrected chi connectivity index (χ3v) is 5.00. The highest BCUT2D eigenvalue weighted by Gasteiger charge is 2.35. The minimum atomic E-state index is -0.731. The summed E-state index contributed by atoms with van der Waals surface area (Å²) < 4.78 is 19.2. The molecule has 0 spiro atoms. The largest absolute Gasteiger partial charge is 0.480 e. The van der Waals surface area contributed by atoms with E-state index in [9.17, 15) is 9.18 Å². The predicted molar refractivity (Wildman–Crippen MR) is 98.5 cm³/mol. The molecule has 1 fully saturated rings. The lowest BCUT2D eigenvalue weighted by atomic mass is 9.95. The van der Waals surface area contributed by atoms with E-state index < -0.39 is 6.10 Å². The number of ether oxygens (including phenoxy) is 1. The maximum atomic E-state index is 13.1. The first-order valence-electron chi connectivity index (χ1n) is 8.29. The van der Waals surface area contributed by atoms with Gasteiger partial charge < -0.3 is 10.1 Å². The smallest absolute Gasteiger partial charge is 0.262 e. The van der Waals surface area contributed by atoms with Crippen molar-refractivity contribution in [1.82, 2.24) is 21.2 Å². The van der Waals surface area contributed by atoms with E-state index in [2.05, 4.69) is 37.1 Å². The number of carbonyl (C=O) groups excluding carboxylic acids is 1. The van der Waals surface area contributed by atoms with Crippen molar-refractivity contribution in [2.24, 2.45) is 5.92 Å². The van der Waals surface area contributed by atoms with Gasteiger partial charge in [0.25, 0.3) is 5.91 Å². The third kappa shape index (κ3) is 4.20. The zero-order valence-electron chi connectivity index (χ0n) is 14.4. The van der Waals surface area contributed by atoms with Crippen LogP contribution in [-0.2, 0) is 4.79 Å². The molecular weight excluding hydrogens is 403 g/mol. The standard InChI is InChI=1S/C18H20BrFN4O2/c1-10-16(12-5-7-21-8-6-12)23-24-17(10)22-18(25)11(2)26-15-4-3-13(20)9-14(15)19/h3-11,16-17,23-24H,1-2H3,(H,22,25). The number of rotatable bonds is 5. The summed E-state index contributed by atoms with van der Waals surface area (Å²) in [6.45, 7) is 3.70. The third-order valence-electron chi connectivity index (χ3n) is 4.38. The Balaban J connectivity index is 1.59. The number of hydrogen-bond donors (Lipinski definition) is 3. The Morgan fingerprint density at radius 2 is 2.04 bits per heavy atom. The molecule has 1 aliphatic heterocycles. The minimum Gasteiger partial charge on any atom is -0.480 e. The molecule has 1 saturated heterocycles. The van der Waals surface area contributed by atoms with Crippen LogP contribution in [-0.4, -0.2) is 23.2 Å². The molecule has 4 unspecified atom stereocenters. The second kappa shape index (κ2) is 8.11. The highest BCUT2D eigenvalue weighted by Crippen LogP contribution is 2.28. The molecule has 0 saturated carbocycles. The molecule has 0 bridgehead atoms. The topological polar surface area (TPSA) is 75.3 Å². The summed E-state index contributed by atoms with van der Waals surface area (Å²) >= 11 is 3.23. The van der Waals surface area contributed by atoms with Crippen molar-refractivity contribution in [3.63, 3.8) is 0 Å². The number of benzene rings is 1. The van der Waals surface area contributed by atoms with Gasteiger partial charge in [-0.25, -0.2) is 15.2 Å². The van der Waals surface area contributed by atoms with E-state index in [0.29, 0.717) is 10.2 Å². The number of nitrogens with zero attached hydrogens (tertiary/aromatic N) is 1. The van der Waals surface area contributed by atoms with Crippen LogP contribution in [0.4, 0.5) is 4.39 Å². The maximum Gasteiger partial charge on any atom is 0.262 e. The molecule has 138 valence electrons. The van der Waals surface area contributed by atoms with Crippen LogP contribution >= 0.6 is 15.9 Å². The molecule has 2 heterocycles. The van der Waals surface area contributed by atoms with Crippen LogP contribution < -0.4 is 20.9 Å². The molecule has 1 amide bonds. The Kier molecular flexibility index (Phi) is 5.85. The van der Waals surface area contributed by atoms with Gasteiger partial charge in [0.2, 0.25) is 0 Å². The zero-order chi connectivity index (χ0) is 18.7. The predicted octanol–water partition coefficient (Wildman–Crippen LogP) is 2.68. The molecule has 8 heteroatoms. The molecule has 0 aliphatic carbocycles. The fraction of sp³-hybridized carbons (Fsp3) is 0.333. The molecule has 2 aromatic rings. The van der Waals surface area contributed by atoms with Crippen LogP contribution in [0.1, 0.15) is 25.5 Å². The molecule has 0 radical (unpaired) electrons. The first-order chi connectivity index (χ1) is 12.5. The summed E-state index contributed by atoms with van der Waals surface area (Å²) in [4.78, 5) is 16.5. The van der Waals surface area contributed by atoms with E-state index in [-0.39, 0.29) is 29.8 Å². The molecule has 3 rings (SSSR count). The monoisotopic (exact) mass is 422 g/mol. The molecule has 4 atom stereocenters. The number of halogens is 2. The van der Waals surface area contributed by atoms with Crippen LogP contribution in [0.5, 0.6) is 5.75 Å². The van der Waals surface area contributed by atoms with Crippen LogP contribution in [0.2, 0.25) is 0 Å². The molecular formula is C18H20BrFN4O2. The Labute approximate surface area is 159 Å². The SMILES string of the molecule is CC(Oc1ccc(F)cc1Br)C(=O)NC1NNC(c2ccncc2)C1C. The number of amides is 1. The summed E-state index contributed by atoms with van der Waals surface area (Å²) in [5, 5.41) is 2.94. The summed E-state index contributed by atoms with van der Waals surface area (Å²) in [6, 6.07) is 8.01. The highest BCUT2D eigenvalue weighted by atomic mass is 79.9. The van der Waals surface area contributed by atoms with Gasteiger partial charge in [-0.2, -0.15) is 0 Å². The van der Waals surface area contributed by atoms with E-state index in [1.165, 1.54) is 18.2 Å². The Hall–Kier alpha value is -2.03. The Morgan fingerprint density at radius 1 is 1.31 bits per heavy atom. The average Bonchev–Trinajstić information content (AvgIpc) is 2.98. The van der Waals surface area contributed by atoms with Gasteiger partial charge in [0.1, 0.15) is 11.6 Å². The fourth-order valence-corrected chi connectivity index (χ4v) is 3.29. The van der Waals surface area contributed by atoms with Gasteiger partial charge in [0, 0.05) is 18.3 Å². The summed E-state index contributed by atoms with van der Waals surface area (Å²) in [5.41, 5.74) is 7.40. The van der Waals surface area contributed by atoms with Crippen LogP contribution in [0.25, 0.3) is 0 Å². The maximum absolute atomic E-state index is 13.1. The summed E-state index contributed by atoms with van der Waals surface area (Å²) in [5.74, 6) is -0.110. The van der Waals surface area contributed by atoms with Crippen molar-refractivity contribution < 1.29 is 13.9 Å². The lowest BCUT2D eigenvalue weighted by Crippen LogP contribution is -2.50. The summed E-state index contributed by atoms with van der Waals surface area (Å²) in [7, 11) is 0. The van der Waals surface area contributed by atoms with Gasteiger partial charge in [0.05, 0.1) is 16.7 Å². The molecule has 1 aromatic carbocycles. The number of carbonyl (C=O) groups is 1. The second-order valence-electron chi connectivity index (χ2n) is 6.23. The molecule has 1 aliphatic rings. The van der Waals surface area contributed by atoms with E-state index in [1.54, 1.807) is 19.3 Å².